The molecule has 1 aliphatic heterocycles. The fourth-order valence-electron chi connectivity index (χ4n) is 2.18. The summed E-state index contributed by atoms with van der Waals surface area (Å²) in [5.41, 5.74) is 3.08. The Bertz CT molecular complexity index is 277. The van der Waals surface area contributed by atoms with Gasteiger partial charge in [0.15, 0.2) is 0 Å². The van der Waals surface area contributed by atoms with E-state index < -0.39 is 0 Å². The first-order chi connectivity index (χ1) is 5.93. The van der Waals surface area contributed by atoms with Gasteiger partial charge in [-0.05, 0) is 29.9 Å². The largest absolute Gasteiger partial charge is 0.373 e. The molecule has 1 aliphatic carbocycles. The molecular weight excluding hydrogens is 148 g/mol. The van der Waals surface area contributed by atoms with E-state index in [1.54, 1.807) is 0 Å². The summed E-state index contributed by atoms with van der Waals surface area (Å²) in [6.07, 6.45) is 3.05. The summed E-state index contributed by atoms with van der Waals surface area (Å²) >= 11 is 0. The van der Waals surface area contributed by atoms with Crippen molar-refractivity contribution < 1.29 is 4.74 Å². The van der Waals surface area contributed by atoms with E-state index in [-0.39, 0.29) is 0 Å². The van der Waals surface area contributed by atoms with Crippen molar-refractivity contribution in [3.05, 3.63) is 35.4 Å². The summed E-state index contributed by atoms with van der Waals surface area (Å²) in [6.45, 7) is 0.999. The van der Waals surface area contributed by atoms with Crippen LogP contribution in [0.5, 0.6) is 0 Å². The highest BCUT2D eigenvalue weighted by Crippen LogP contribution is 2.34. The molecule has 0 spiro atoms. The zero-order valence-corrected chi connectivity index (χ0v) is 6.99. The SMILES string of the molecule is c1ccc2c(c1)CC([C@H]1CO1)C2. The zero-order chi connectivity index (χ0) is 7.97. The monoisotopic (exact) mass is 160 g/mol. The van der Waals surface area contributed by atoms with Crippen molar-refractivity contribution in [1.82, 2.24) is 0 Å². The Labute approximate surface area is 72.4 Å². The first-order valence-electron chi connectivity index (χ1n) is 4.62. The Morgan fingerprint density at radius 2 is 1.67 bits per heavy atom. The van der Waals surface area contributed by atoms with Crippen LogP contribution in [0.25, 0.3) is 0 Å². The van der Waals surface area contributed by atoms with Crippen molar-refractivity contribution in [2.75, 3.05) is 6.61 Å². The molecule has 62 valence electrons. The van der Waals surface area contributed by atoms with Gasteiger partial charge < -0.3 is 4.74 Å². The van der Waals surface area contributed by atoms with Crippen molar-refractivity contribution in [1.29, 1.82) is 0 Å². The summed E-state index contributed by atoms with van der Waals surface area (Å²) in [7, 11) is 0. The van der Waals surface area contributed by atoms with Gasteiger partial charge in [0, 0.05) is 0 Å². The number of hydrogen-bond donors (Lipinski definition) is 0. The summed E-state index contributed by atoms with van der Waals surface area (Å²) < 4.78 is 5.32. The number of benzene rings is 1. The van der Waals surface area contributed by atoms with Gasteiger partial charge in [-0.1, -0.05) is 24.3 Å². The Morgan fingerprint density at radius 1 is 1.08 bits per heavy atom. The van der Waals surface area contributed by atoms with E-state index in [0.717, 1.165) is 12.5 Å². The molecule has 0 N–H and O–H groups in total. The number of hydrogen-bond acceptors (Lipinski definition) is 1. The van der Waals surface area contributed by atoms with Crippen LogP contribution >= 0.6 is 0 Å². The lowest BCUT2D eigenvalue weighted by atomic mass is 10.0. The smallest absolute Gasteiger partial charge is 0.0844 e. The van der Waals surface area contributed by atoms with Gasteiger partial charge in [0.05, 0.1) is 12.7 Å². The van der Waals surface area contributed by atoms with Crippen LogP contribution < -0.4 is 0 Å². The van der Waals surface area contributed by atoms with Crippen LogP contribution in [-0.2, 0) is 17.6 Å². The molecule has 1 aromatic rings. The second-order valence-electron chi connectivity index (χ2n) is 3.81. The zero-order valence-electron chi connectivity index (χ0n) is 6.99. The molecule has 2 aliphatic rings. The predicted molar refractivity (Wildman–Crippen MR) is 47.1 cm³/mol. The quantitative estimate of drug-likeness (QED) is 0.571. The van der Waals surface area contributed by atoms with Crippen molar-refractivity contribution in [3.63, 3.8) is 0 Å². The number of rotatable bonds is 1. The molecule has 0 unspecified atom stereocenters. The van der Waals surface area contributed by atoms with E-state index in [0.29, 0.717) is 6.10 Å². The van der Waals surface area contributed by atoms with Crippen LogP contribution in [0, 0.1) is 5.92 Å². The lowest BCUT2D eigenvalue weighted by Gasteiger charge is -2.01. The molecule has 1 heterocycles. The van der Waals surface area contributed by atoms with Crippen molar-refractivity contribution in [3.8, 4) is 0 Å². The lowest BCUT2D eigenvalue weighted by Crippen LogP contribution is -2.07. The van der Waals surface area contributed by atoms with Gasteiger partial charge >= 0.3 is 0 Å². The minimum Gasteiger partial charge on any atom is -0.373 e. The molecular formula is C11H12O. The molecule has 3 rings (SSSR count). The van der Waals surface area contributed by atoms with E-state index >= 15 is 0 Å². The molecule has 12 heavy (non-hydrogen) atoms. The lowest BCUT2D eigenvalue weighted by molar-refractivity contribution is 0.335. The minimum absolute atomic E-state index is 0.581. The fourth-order valence-corrected chi connectivity index (χ4v) is 2.18. The number of fused-ring (bicyclic) bond motifs is 1. The van der Waals surface area contributed by atoms with Crippen molar-refractivity contribution >= 4 is 0 Å². The summed E-state index contributed by atoms with van der Waals surface area (Å²) in [6, 6.07) is 8.76. The molecule has 1 fully saturated rings. The highest BCUT2D eigenvalue weighted by atomic mass is 16.6. The van der Waals surface area contributed by atoms with Gasteiger partial charge in [-0.3, -0.25) is 0 Å². The predicted octanol–water partition coefficient (Wildman–Crippen LogP) is 1.80. The van der Waals surface area contributed by atoms with E-state index in [1.165, 1.54) is 24.0 Å². The van der Waals surface area contributed by atoms with E-state index in [1.807, 2.05) is 0 Å². The summed E-state index contributed by atoms with van der Waals surface area (Å²) in [4.78, 5) is 0. The maximum Gasteiger partial charge on any atom is 0.0844 e. The highest BCUT2D eigenvalue weighted by Gasteiger charge is 2.36. The maximum atomic E-state index is 5.32. The van der Waals surface area contributed by atoms with Gasteiger partial charge in [-0.25, -0.2) is 0 Å². The Balaban J connectivity index is 1.89. The van der Waals surface area contributed by atoms with E-state index in [4.69, 9.17) is 4.74 Å². The molecule has 1 heteroatoms. The van der Waals surface area contributed by atoms with Crippen LogP contribution in [0.4, 0.5) is 0 Å². The molecule has 0 saturated carbocycles. The van der Waals surface area contributed by atoms with Crippen LogP contribution in [-0.4, -0.2) is 12.7 Å². The average Bonchev–Trinajstić information content (AvgIpc) is 2.85. The maximum absolute atomic E-state index is 5.32. The van der Waals surface area contributed by atoms with Crippen LogP contribution in [0.3, 0.4) is 0 Å². The average molecular weight is 160 g/mol. The molecule has 0 aromatic heterocycles. The van der Waals surface area contributed by atoms with Crippen molar-refractivity contribution in [2.24, 2.45) is 5.92 Å². The third-order valence-electron chi connectivity index (χ3n) is 2.97. The van der Waals surface area contributed by atoms with E-state index in [2.05, 4.69) is 24.3 Å². The number of epoxide rings is 1. The Morgan fingerprint density at radius 3 is 2.17 bits per heavy atom. The second kappa shape index (κ2) is 2.33. The van der Waals surface area contributed by atoms with Crippen molar-refractivity contribution in [2.45, 2.75) is 18.9 Å². The third kappa shape index (κ3) is 0.969. The standard InChI is InChI=1S/C11H12O/c1-2-4-9-6-10(11-7-12-11)5-8(9)3-1/h1-4,10-11H,5-7H2/t11-/m1/s1. The van der Waals surface area contributed by atoms with E-state index in [9.17, 15) is 0 Å². The molecule has 0 bridgehead atoms. The molecule has 0 amide bonds. The fraction of sp³-hybridized carbons (Fsp3) is 0.455. The minimum atomic E-state index is 0.581. The topological polar surface area (TPSA) is 12.5 Å². The second-order valence-corrected chi connectivity index (χ2v) is 3.81. The Hall–Kier alpha value is -0.820. The molecule has 1 nitrogen and oxygen atoms in total. The van der Waals surface area contributed by atoms with Crippen LogP contribution in [0.15, 0.2) is 24.3 Å². The van der Waals surface area contributed by atoms with Gasteiger partial charge in [0.25, 0.3) is 0 Å². The van der Waals surface area contributed by atoms with Crippen LogP contribution in [0.2, 0.25) is 0 Å². The van der Waals surface area contributed by atoms with Gasteiger partial charge in [-0.2, -0.15) is 0 Å². The first kappa shape index (κ1) is 6.67. The Kier molecular flexibility index (Phi) is 1.30. The highest BCUT2D eigenvalue weighted by molar-refractivity contribution is 5.32. The number of ether oxygens (including phenoxy) is 1. The summed E-state index contributed by atoms with van der Waals surface area (Å²) in [5, 5.41) is 0. The molecule has 1 aromatic carbocycles. The van der Waals surface area contributed by atoms with Gasteiger partial charge in [0.2, 0.25) is 0 Å². The molecule has 1 saturated heterocycles. The van der Waals surface area contributed by atoms with Gasteiger partial charge in [-0.15, -0.1) is 0 Å². The molecule has 0 radical (unpaired) electrons. The molecule has 1 atom stereocenters. The van der Waals surface area contributed by atoms with Gasteiger partial charge in [0.1, 0.15) is 0 Å². The normalized spacial score (nSPS) is 27.2. The van der Waals surface area contributed by atoms with Crippen LogP contribution in [0.1, 0.15) is 11.1 Å². The third-order valence-corrected chi connectivity index (χ3v) is 2.97. The summed E-state index contributed by atoms with van der Waals surface area (Å²) in [5.74, 6) is 0.780. The first-order valence-corrected chi connectivity index (χ1v) is 4.62.